The Labute approximate surface area is 144 Å². The van der Waals surface area contributed by atoms with E-state index in [4.69, 9.17) is 0 Å². The van der Waals surface area contributed by atoms with Crippen LogP contribution in [0.15, 0.2) is 24.3 Å². The Balaban J connectivity index is 1.55. The lowest BCUT2D eigenvalue weighted by molar-refractivity contribution is -0.157. The summed E-state index contributed by atoms with van der Waals surface area (Å²) in [4.78, 5) is 24.7. The van der Waals surface area contributed by atoms with E-state index in [-0.39, 0.29) is 24.8 Å². The van der Waals surface area contributed by atoms with Gasteiger partial charge in [0.2, 0.25) is 11.8 Å². The average Bonchev–Trinajstić information content (AvgIpc) is 2.91. The first-order valence-corrected chi connectivity index (χ1v) is 8.53. The number of rotatable bonds is 4. The van der Waals surface area contributed by atoms with Gasteiger partial charge in [-0.15, -0.1) is 0 Å². The van der Waals surface area contributed by atoms with E-state index in [1.165, 1.54) is 11.1 Å². The van der Waals surface area contributed by atoms with Crippen molar-refractivity contribution in [2.24, 2.45) is 5.92 Å². The summed E-state index contributed by atoms with van der Waals surface area (Å²) in [7, 11) is 0. The first kappa shape index (κ1) is 17.8. The number of fused-ring (bicyclic) bond motifs is 1. The van der Waals surface area contributed by atoms with Crippen molar-refractivity contribution < 1.29 is 22.8 Å². The molecule has 1 aliphatic heterocycles. The molecule has 136 valence electrons. The summed E-state index contributed by atoms with van der Waals surface area (Å²) in [5.41, 5.74) is 2.52. The molecule has 2 aliphatic rings. The number of alkyl halides is 3. The highest BCUT2D eigenvalue weighted by molar-refractivity contribution is 5.89. The van der Waals surface area contributed by atoms with Crippen LogP contribution in [0.1, 0.15) is 36.3 Å². The topological polar surface area (TPSA) is 49.4 Å². The van der Waals surface area contributed by atoms with Crippen molar-refractivity contribution in [3.05, 3.63) is 35.4 Å². The molecule has 0 aromatic heterocycles. The zero-order chi connectivity index (χ0) is 18.0. The van der Waals surface area contributed by atoms with Crippen molar-refractivity contribution in [2.45, 2.75) is 37.8 Å². The zero-order valence-electron chi connectivity index (χ0n) is 13.8. The van der Waals surface area contributed by atoms with Gasteiger partial charge in [-0.05, 0) is 30.4 Å². The number of halogens is 3. The Morgan fingerprint density at radius 2 is 2.04 bits per heavy atom. The van der Waals surface area contributed by atoms with Crippen LogP contribution in [0, 0.1) is 5.92 Å². The van der Waals surface area contributed by atoms with E-state index in [1.54, 1.807) is 0 Å². The minimum Gasteiger partial charge on any atom is -0.355 e. The zero-order valence-corrected chi connectivity index (χ0v) is 13.8. The van der Waals surface area contributed by atoms with Gasteiger partial charge in [-0.2, -0.15) is 13.2 Å². The van der Waals surface area contributed by atoms with Crippen molar-refractivity contribution in [3.63, 3.8) is 0 Å². The number of carbonyl (C=O) groups is 2. The molecule has 3 rings (SSSR count). The number of benzene rings is 1. The van der Waals surface area contributed by atoms with Crippen LogP contribution in [0.2, 0.25) is 0 Å². The van der Waals surface area contributed by atoms with E-state index in [2.05, 4.69) is 17.4 Å². The molecule has 7 heteroatoms. The fraction of sp³-hybridized carbons (Fsp3) is 0.556. The van der Waals surface area contributed by atoms with Crippen molar-refractivity contribution in [1.82, 2.24) is 10.2 Å². The molecule has 2 amide bonds. The summed E-state index contributed by atoms with van der Waals surface area (Å²) in [6.07, 6.45) is -1.53. The largest absolute Gasteiger partial charge is 0.406 e. The second-order valence-electron chi connectivity index (χ2n) is 6.82. The number of hydrogen-bond acceptors (Lipinski definition) is 2. The van der Waals surface area contributed by atoms with Crippen molar-refractivity contribution in [3.8, 4) is 0 Å². The minimum atomic E-state index is -4.44. The average molecular weight is 354 g/mol. The molecule has 0 saturated carbocycles. The van der Waals surface area contributed by atoms with Gasteiger partial charge in [0, 0.05) is 25.4 Å². The van der Waals surface area contributed by atoms with Crippen LogP contribution in [0.5, 0.6) is 0 Å². The van der Waals surface area contributed by atoms with Crippen LogP contribution < -0.4 is 5.32 Å². The summed E-state index contributed by atoms with van der Waals surface area (Å²) < 4.78 is 37.3. The standard InChI is InChI=1S/C18H21F3N2O2/c19-18(20,21)11-23-10-14(8-16(23)24)17(25)22-9-13-6-3-5-12-4-1-2-7-15(12)13/h1-2,4,7,13-14H,3,5-6,8-11H2,(H,22,25)/t13-,14-/m0/s1. The Morgan fingerprint density at radius 3 is 2.80 bits per heavy atom. The Hall–Kier alpha value is -2.05. The maximum absolute atomic E-state index is 12.4. The lowest BCUT2D eigenvalue weighted by Crippen LogP contribution is -2.38. The first-order valence-electron chi connectivity index (χ1n) is 8.53. The van der Waals surface area contributed by atoms with Crippen LogP contribution in [-0.4, -0.2) is 42.5 Å². The van der Waals surface area contributed by atoms with Gasteiger partial charge in [0.1, 0.15) is 6.54 Å². The smallest absolute Gasteiger partial charge is 0.355 e. The quantitative estimate of drug-likeness (QED) is 0.904. The van der Waals surface area contributed by atoms with Crippen molar-refractivity contribution in [1.29, 1.82) is 0 Å². The lowest BCUT2D eigenvalue weighted by Gasteiger charge is -2.26. The molecule has 1 heterocycles. The third-order valence-corrected chi connectivity index (χ3v) is 4.97. The third-order valence-electron chi connectivity index (χ3n) is 4.97. The van der Waals surface area contributed by atoms with E-state index in [0.717, 1.165) is 24.2 Å². The van der Waals surface area contributed by atoms with Crippen molar-refractivity contribution in [2.75, 3.05) is 19.6 Å². The molecule has 1 saturated heterocycles. The second kappa shape index (κ2) is 7.06. The van der Waals surface area contributed by atoms with Gasteiger partial charge in [-0.3, -0.25) is 9.59 Å². The number of carbonyl (C=O) groups excluding carboxylic acids is 2. The Kier molecular flexibility index (Phi) is 5.01. The molecule has 1 N–H and O–H groups in total. The summed E-state index contributed by atoms with van der Waals surface area (Å²) in [6, 6.07) is 8.13. The molecular weight excluding hydrogens is 333 g/mol. The van der Waals surface area contributed by atoms with Gasteiger partial charge in [0.15, 0.2) is 0 Å². The van der Waals surface area contributed by atoms with Gasteiger partial charge >= 0.3 is 6.18 Å². The fourth-order valence-electron chi connectivity index (χ4n) is 3.75. The minimum absolute atomic E-state index is 0.150. The highest BCUT2D eigenvalue weighted by atomic mass is 19.4. The molecule has 0 bridgehead atoms. The van der Waals surface area contributed by atoms with Gasteiger partial charge in [0.05, 0.1) is 5.92 Å². The van der Waals surface area contributed by atoms with Crippen molar-refractivity contribution >= 4 is 11.8 Å². The molecule has 0 spiro atoms. The van der Waals surface area contributed by atoms with E-state index < -0.39 is 24.5 Å². The summed E-state index contributed by atoms with van der Waals surface area (Å²) in [5.74, 6) is -1.42. The van der Waals surface area contributed by atoms with E-state index in [9.17, 15) is 22.8 Å². The maximum Gasteiger partial charge on any atom is 0.406 e. The summed E-state index contributed by atoms with van der Waals surface area (Å²) in [5, 5.41) is 2.84. The second-order valence-corrected chi connectivity index (χ2v) is 6.82. The maximum atomic E-state index is 12.4. The molecule has 1 aromatic carbocycles. The van der Waals surface area contributed by atoms with Crippen LogP contribution >= 0.6 is 0 Å². The van der Waals surface area contributed by atoms with E-state index >= 15 is 0 Å². The number of aryl methyl sites for hydroxylation is 1. The normalized spacial score (nSPS) is 23.5. The third kappa shape index (κ3) is 4.32. The SMILES string of the molecule is O=C(NC[C@@H]1CCCc2ccccc21)[C@H]1CC(=O)N(CC(F)(F)F)C1. The van der Waals surface area contributed by atoms with Gasteiger partial charge in [-0.25, -0.2) is 0 Å². The summed E-state index contributed by atoms with van der Waals surface area (Å²) >= 11 is 0. The molecule has 4 nitrogen and oxygen atoms in total. The van der Waals surface area contributed by atoms with E-state index in [1.807, 2.05) is 12.1 Å². The highest BCUT2D eigenvalue weighted by Gasteiger charge is 2.40. The fourth-order valence-corrected chi connectivity index (χ4v) is 3.75. The first-order chi connectivity index (χ1) is 11.8. The van der Waals surface area contributed by atoms with Crippen LogP contribution in [-0.2, 0) is 16.0 Å². The van der Waals surface area contributed by atoms with Gasteiger partial charge < -0.3 is 10.2 Å². The molecule has 0 unspecified atom stereocenters. The number of likely N-dealkylation sites (tertiary alicyclic amines) is 1. The van der Waals surface area contributed by atoms with Gasteiger partial charge in [-0.1, -0.05) is 24.3 Å². The number of hydrogen-bond donors (Lipinski definition) is 1. The monoisotopic (exact) mass is 354 g/mol. The van der Waals surface area contributed by atoms with Crippen LogP contribution in [0.25, 0.3) is 0 Å². The predicted octanol–water partition coefficient (Wildman–Crippen LogP) is 2.63. The lowest BCUT2D eigenvalue weighted by atomic mass is 9.83. The van der Waals surface area contributed by atoms with Crippen LogP contribution in [0.3, 0.4) is 0 Å². The molecule has 25 heavy (non-hydrogen) atoms. The molecule has 0 radical (unpaired) electrons. The Morgan fingerprint density at radius 1 is 1.28 bits per heavy atom. The summed E-state index contributed by atoms with van der Waals surface area (Å²) in [6.45, 7) is -0.989. The number of nitrogens with zero attached hydrogens (tertiary/aromatic N) is 1. The molecule has 2 atom stereocenters. The highest BCUT2D eigenvalue weighted by Crippen LogP contribution is 2.31. The molecule has 1 aromatic rings. The molecule has 1 aliphatic carbocycles. The predicted molar refractivity (Wildman–Crippen MR) is 85.9 cm³/mol. The van der Waals surface area contributed by atoms with E-state index in [0.29, 0.717) is 6.54 Å². The number of amides is 2. The van der Waals surface area contributed by atoms with Crippen LogP contribution in [0.4, 0.5) is 13.2 Å². The molecule has 1 fully saturated rings. The van der Waals surface area contributed by atoms with Gasteiger partial charge in [0.25, 0.3) is 0 Å². The number of nitrogens with one attached hydrogen (secondary N) is 1. The molecular formula is C18H21F3N2O2. The Bertz CT molecular complexity index is 660.